The zero-order chi connectivity index (χ0) is 21.3. The zero-order valence-electron chi connectivity index (χ0n) is 15.1. The Morgan fingerprint density at radius 2 is 1.54 bits per heavy atom. The highest BCUT2D eigenvalue weighted by molar-refractivity contribution is 6.00. The van der Waals surface area contributed by atoms with E-state index in [1.165, 1.54) is 6.92 Å². The number of ether oxygens (including phenoxy) is 1. The molecule has 0 heterocycles. The Morgan fingerprint density at radius 1 is 1.04 bits per heavy atom. The maximum absolute atomic E-state index is 13.0. The average Bonchev–Trinajstić information content (AvgIpc) is 3.41. The molecular formula is C18H19F6NO3. The number of carbonyl (C=O) groups is 2. The molecule has 1 aromatic rings. The van der Waals surface area contributed by atoms with Gasteiger partial charge in [-0.1, -0.05) is 0 Å². The van der Waals surface area contributed by atoms with E-state index in [2.05, 4.69) is 10.1 Å². The Labute approximate surface area is 157 Å². The van der Waals surface area contributed by atoms with Gasteiger partial charge < -0.3 is 10.1 Å². The number of hydrogen-bond acceptors (Lipinski definition) is 4. The smallest absolute Gasteiger partial charge is 0.416 e. The van der Waals surface area contributed by atoms with Crippen LogP contribution in [-0.4, -0.2) is 30.9 Å². The molecule has 2 rings (SSSR count). The molecule has 1 aliphatic rings. The van der Waals surface area contributed by atoms with Gasteiger partial charge in [0.1, 0.15) is 5.54 Å². The number of rotatable bonds is 7. The summed E-state index contributed by atoms with van der Waals surface area (Å²) in [7, 11) is 1.08. The first-order valence-electron chi connectivity index (χ1n) is 8.42. The lowest BCUT2D eigenvalue weighted by Gasteiger charge is -2.27. The van der Waals surface area contributed by atoms with E-state index in [4.69, 9.17) is 0 Å². The molecule has 0 aromatic heterocycles. The van der Waals surface area contributed by atoms with Crippen LogP contribution in [0.1, 0.15) is 47.7 Å². The highest BCUT2D eigenvalue weighted by atomic mass is 19.4. The number of hydrogen-bond donors (Lipinski definition) is 1. The molecule has 1 fully saturated rings. The molecular weight excluding hydrogens is 392 g/mol. The van der Waals surface area contributed by atoms with E-state index in [-0.39, 0.29) is 6.07 Å². The molecule has 1 unspecified atom stereocenters. The molecule has 4 nitrogen and oxygen atoms in total. The third kappa shape index (κ3) is 5.46. The first-order chi connectivity index (χ1) is 12.8. The first kappa shape index (κ1) is 22.2. The van der Waals surface area contributed by atoms with E-state index in [9.17, 15) is 35.9 Å². The van der Waals surface area contributed by atoms with Gasteiger partial charge in [-0.15, -0.1) is 0 Å². The van der Waals surface area contributed by atoms with E-state index in [0.717, 1.165) is 20.0 Å². The third-order valence-corrected chi connectivity index (χ3v) is 4.54. The van der Waals surface area contributed by atoms with E-state index in [1.54, 1.807) is 0 Å². The maximum atomic E-state index is 13.0. The van der Waals surface area contributed by atoms with Crippen molar-refractivity contribution in [3.05, 3.63) is 34.9 Å². The van der Waals surface area contributed by atoms with E-state index < -0.39 is 52.8 Å². The van der Waals surface area contributed by atoms with Gasteiger partial charge in [0, 0.05) is 12.0 Å². The number of carbonyl (C=O) groups excluding carboxylic acids is 2. The second-order valence-corrected chi connectivity index (χ2v) is 7.04. The topological polar surface area (TPSA) is 55.4 Å². The Balaban J connectivity index is 2.35. The molecule has 0 saturated heterocycles. The van der Waals surface area contributed by atoms with Crippen molar-refractivity contribution in [2.75, 3.05) is 13.7 Å². The molecule has 1 N–H and O–H groups in total. The van der Waals surface area contributed by atoms with Crippen molar-refractivity contribution in [2.45, 2.75) is 44.1 Å². The van der Waals surface area contributed by atoms with Gasteiger partial charge >= 0.3 is 18.3 Å². The molecule has 10 heteroatoms. The summed E-state index contributed by atoms with van der Waals surface area (Å²) in [5.41, 5.74) is -5.51. The van der Waals surface area contributed by atoms with E-state index >= 15 is 0 Å². The quantitative estimate of drug-likeness (QED) is 0.415. The zero-order valence-corrected chi connectivity index (χ0v) is 15.1. The normalized spacial score (nSPS) is 17.1. The van der Waals surface area contributed by atoms with Crippen LogP contribution in [0.25, 0.3) is 0 Å². The standard InChI is InChI=1S/C18H19F6NO3/c1-16(15(27)28-2,25-9-10-3-4-10)8-14(26)11-5-12(17(19,20)21)7-13(6-11)18(22,23)24/h5-7,10,25H,3-4,8-9H2,1-2H3. The SMILES string of the molecule is COC(=O)C(C)(CC(=O)c1cc(C(F)(F)F)cc(C(F)(F)F)c1)NCC1CC1. The molecule has 0 aliphatic heterocycles. The number of nitrogens with one attached hydrogen (secondary N) is 1. The third-order valence-electron chi connectivity index (χ3n) is 4.54. The van der Waals surface area contributed by atoms with Crippen molar-refractivity contribution in [1.82, 2.24) is 5.32 Å². The lowest BCUT2D eigenvalue weighted by Crippen LogP contribution is -2.52. The summed E-state index contributed by atoms with van der Waals surface area (Å²) < 4.78 is 82.5. The predicted molar refractivity (Wildman–Crippen MR) is 86.5 cm³/mol. The second-order valence-electron chi connectivity index (χ2n) is 7.04. The van der Waals surface area contributed by atoms with Crippen molar-refractivity contribution in [3.63, 3.8) is 0 Å². The van der Waals surface area contributed by atoms with Gasteiger partial charge in [0.05, 0.1) is 18.2 Å². The summed E-state index contributed by atoms with van der Waals surface area (Å²) in [6.45, 7) is 1.71. The lowest BCUT2D eigenvalue weighted by molar-refractivity contribution is -0.148. The summed E-state index contributed by atoms with van der Waals surface area (Å²) in [6, 6.07) is 0.661. The van der Waals surface area contributed by atoms with Crippen LogP contribution in [0.15, 0.2) is 18.2 Å². The molecule has 156 valence electrons. The highest BCUT2D eigenvalue weighted by Gasteiger charge is 2.41. The van der Waals surface area contributed by atoms with Crippen LogP contribution in [0.2, 0.25) is 0 Å². The number of benzene rings is 1. The van der Waals surface area contributed by atoms with Gasteiger partial charge in [-0.25, -0.2) is 0 Å². The summed E-state index contributed by atoms with van der Waals surface area (Å²) in [5.74, 6) is -1.55. The second kappa shape index (κ2) is 7.73. The first-order valence-corrected chi connectivity index (χ1v) is 8.42. The molecule has 1 atom stereocenters. The minimum absolute atomic E-state index is 0.0539. The van der Waals surface area contributed by atoms with Gasteiger partial charge in [0.15, 0.2) is 5.78 Å². The van der Waals surface area contributed by atoms with Crippen LogP contribution in [0.5, 0.6) is 0 Å². The number of alkyl halides is 6. The molecule has 0 spiro atoms. The largest absolute Gasteiger partial charge is 0.468 e. The van der Waals surface area contributed by atoms with Crippen molar-refractivity contribution >= 4 is 11.8 Å². The number of esters is 1. The molecule has 0 bridgehead atoms. The summed E-state index contributed by atoms with van der Waals surface area (Å²) in [4.78, 5) is 24.6. The summed E-state index contributed by atoms with van der Waals surface area (Å²) >= 11 is 0. The summed E-state index contributed by atoms with van der Waals surface area (Å²) in [6.07, 6.45) is -8.91. The van der Waals surface area contributed by atoms with Crippen LogP contribution in [0.3, 0.4) is 0 Å². The minimum atomic E-state index is -5.06. The van der Waals surface area contributed by atoms with Crippen LogP contribution < -0.4 is 5.32 Å². The minimum Gasteiger partial charge on any atom is -0.468 e. The monoisotopic (exact) mass is 411 g/mol. The number of ketones is 1. The fourth-order valence-corrected chi connectivity index (χ4v) is 2.66. The lowest BCUT2D eigenvalue weighted by atomic mass is 9.90. The molecule has 1 saturated carbocycles. The number of halogens is 6. The van der Waals surface area contributed by atoms with Crippen molar-refractivity contribution in [3.8, 4) is 0 Å². The van der Waals surface area contributed by atoms with E-state index in [1.807, 2.05) is 0 Å². The van der Waals surface area contributed by atoms with Crippen LogP contribution >= 0.6 is 0 Å². The maximum Gasteiger partial charge on any atom is 0.416 e. The van der Waals surface area contributed by atoms with Crippen molar-refractivity contribution < 1.29 is 40.7 Å². The predicted octanol–water partition coefficient (Wildman–Crippen LogP) is 4.23. The fraction of sp³-hybridized carbons (Fsp3) is 0.556. The Morgan fingerprint density at radius 3 is 1.93 bits per heavy atom. The number of Topliss-reactive ketones (excluding diaryl/α,β-unsaturated/α-hetero) is 1. The van der Waals surface area contributed by atoms with Crippen molar-refractivity contribution in [1.29, 1.82) is 0 Å². The Kier molecular flexibility index (Phi) is 6.13. The number of methoxy groups -OCH3 is 1. The highest BCUT2D eigenvalue weighted by Crippen LogP contribution is 2.37. The van der Waals surface area contributed by atoms with Crippen LogP contribution in [-0.2, 0) is 21.9 Å². The summed E-state index contributed by atoms with van der Waals surface area (Å²) in [5, 5.41) is 2.86. The van der Waals surface area contributed by atoms with Gasteiger partial charge in [-0.3, -0.25) is 9.59 Å². The van der Waals surface area contributed by atoms with Gasteiger partial charge in [-0.05, 0) is 50.4 Å². The van der Waals surface area contributed by atoms with Gasteiger partial charge in [-0.2, -0.15) is 26.3 Å². The molecule has 1 aliphatic carbocycles. The van der Waals surface area contributed by atoms with Crippen LogP contribution in [0.4, 0.5) is 26.3 Å². The molecule has 1 aromatic carbocycles. The van der Waals surface area contributed by atoms with E-state index in [0.29, 0.717) is 24.6 Å². The molecule has 28 heavy (non-hydrogen) atoms. The van der Waals surface area contributed by atoms with Crippen molar-refractivity contribution in [2.24, 2.45) is 5.92 Å². The molecule has 0 amide bonds. The molecule has 0 radical (unpaired) electrons. The Bertz CT molecular complexity index is 722. The van der Waals surface area contributed by atoms with Gasteiger partial charge in [0.2, 0.25) is 0 Å². The average molecular weight is 411 g/mol. The van der Waals surface area contributed by atoms with Gasteiger partial charge in [0.25, 0.3) is 0 Å². The van der Waals surface area contributed by atoms with Crippen LogP contribution in [0, 0.1) is 5.92 Å². The Hall–Kier alpha value is -2.10. The fourth-order valence-electron chi connectivity index (χ4n) is 2.66.